The van der Waals surface area contributed by atoms with Crippen LogP contribution in [0.1, 0.15) is 5.56 Å². The summed E-state index contributed by atoms with van der Waals surface area (Å²) in [6.07, 6.45) is 0. The number of aryl methyl sites for hydroxylation is 1. The molecule has 5 nitrogen and oxygen atoms in total. The predicted octanol–water partition coefficient (Wildman–Crippen LogP) is 5.08. The Labute approximate surface area is 163 Å². The maximum absolute atomic E-state index is 12.1. The third-order valence-corrected chi connectivity index (χ3v) is 4.38. The molecule has 1 aromatic heterocycles. The first-order valence-electron chi connectivity index (χ1n) is 7.45. The molecule has 0 atom stereocenters. The molecule has 3 rings (SSSR count). The minimum Gasteiger partial charge on any atom is -0.484 e. The van der Waals surface area contributed by atoms with E-state index in [1.165, 1.54) is 18.2 Å². The molecule has 3 aromatic rings. The Morgan fingerprint density at radius 1 is 1.12 bits per heavy atom. The summed E-state index contributed by atoms with van der Waals surface area (Å²) in [4.78, 5) is 23.6. The number of hydrogen-bond acceptors (Lipinski definition) is 4. The van der Waals surface area contributed by atoms with Gasteiger partial charge in [0.25, 0.3) is 5.91 Å². The number of rotatable bonds is 4. The zero-order valence-electron chi connectivity index (χ0n) is 13.4. The molecule has 1 heterocycles. The third-order valence-electron chi connectivity index (χ3n) is 3.56. The van der Waals surface area contributed by atoms with E-state index < -0.39 is 11.5 Å². The Morgan fingerprint density at radius 3 is 2.50 bits per heavy atom. The van der Waals surface area contributed by atoms with Crippen molar-refractivity contribution >= 4 is 57.4 Å². The van der Waals surface area contributed by atoms with Gasteiger partial charge in [0.2, 0.25) is 0 Å². The zero-order chi connectivity index (χ0) is 18.8. The van der Waals surface area contributed by atoms with Crippen molar-refractivity contribution < 1.29 is 13.9 Å². The van der Waals surface area contributed by atoms with Gasteiger partial charge in [-0.05, 0) is 36.8 Å². The van der Waals surface area contributed by atoms with Crippen LogP contribution in [0.15, 0.2) is 45.6 Å². The fourth-order valence-electron chi connectivity index (χ4n) is 2.38. The van der Waals surface area contributed by atoms with Gasteiger partial charge >= 0.3 is 5.63 Å². The molecular formula is C18H12Cl3NO4. The molecule has 0 fully saturated rings. The van der Waals surface area contributed by atoms with Crippen molar-refractivity contribution in [2.24, 2.45) is 0 Å². The number of ether oxygens (including phenoxy) is 1. The van der Waals surface area contributed by atoms with Gasteiger partial charge in [-0.15, -0.1) is 0 Å². The summed E-state index contributed by atoms with van der Waals surface area (Å²) in [5, 5.41) is 4.17. The first-order valence-corrected chi connectivity index (χ1v) is 8.58. The monoisotopic (exact) mass is 411 g/mol. The highest BCUT2D eigenvalue weighted by Gasteiger charge is 2.12. The van der Waals surface area contributed by atoms with E-state index in [9.17, 15) is 9.59 Å². The summed E-state index contributed by atoms with van der Waals surface area (Å²) < 4.78 is 10.6. The van der Waals surface area contributed by atoms with Crippen molar-refractivity contribution in [2.45, 2.75) is 6.92 Å². The van der Waals surface area contributed by atoms with Gasteiger partial charge in [0.05, 0.1) is 15.7 Å². The summed E-state index contributed by atoms with van der Waals surface area (Å²) in [5.74, 6) is -0.0726. The molecule has 0 aliphatic carbocycles. The first-order chi connectivity index (χ1) is 12.3. The normalized spacial score (nSPS) is 10.8. The van der Waals surface area contributed by atoms with Gasteiger partial charge < -0.3 is 14.5 Å². The van der Waals surface area contributed by atoms with Gasteiger partial charge in [-0.3, -0.25) is 4.79 Å². The van der Waals surface area contributed by atoms with E-state index in [0.29, 0.717) is 16.4 Å². The minimum atomic E-state index is -0.457. The van der Waals surface area contributed by atoms with Crippen LogP contribution in [-0.4, -0.2) is 12.5 Å². The molecule has 0 bridgehead atoms. The second-order valence-electron chi connectivity index (χ2n) is 5.49. The van der Waals surface area contributed by atoms with Crippen LogP contribution >= 0.6 is 34.8 Å². The number of amides is 1. The van der Waals surface area contributed by atoms with Crippen LogP contribution < -0.4 is 15.7 Å². The van der Waals surface area contributed by atoms with E-state index in [1.54, 1.807) is 18.2 Å². The lowest BCUT2D eigenvalue weighted by Gasteiger charge is -2.11. The highest BCUT2D eigenvalue weighted by atomic mass is 35.5. The lowest BCUT2D eigenvalue weighted by molar-refractivity contribution is -0.118. The minimum absolute atomic E-state index is 0.221. The van der Waals surface area contributed by atoms with E-state index in [4.69, 9.17) is 44.0 Å². The molecule has 2 aromatic carbocycles. The van der Waals surface area contributed by atoms with Crippen LogP contribution in [0.3, 0.4) is 0 Å². The van der Waals surface area contributed by atoms with E-state index in [0.717, 1.165) is 10.9 Å². The number of nitrogens with one attached hydrogen (secondary N) is 1. The van der Waals surface area contributed by atoms with Gasteiger partial charge in [0, 0.05) is 22.5 Å². The molecule has 0 saturated heterocycles. The first kappa shape index (κ1) is 18.6. The maximum Gasteiger partial charge on any atom is 0.336 e. The molecule has 0 spiro atoms. The van der Waals surface area contributed by atoms with Crippen LogP contribution in [0.4, 0.5) is 5.69 Å². The van der Waals surface area contributed by atoms with E-state index >= 15 is 0 Å². The fraction of sp³-hybridized carbons (Fsp3) is 0.111. The molecule has 0 saturated carbocycles. The predicted molar refractivity (Wildman–Crippen MR) is 103 cm³/mol. The fourth-order valence-corrected chi connectivity index (χ4v) is 3.29. The molecule has 0 unspecified atom stereocenters. The van der Waals surface area contributed by atoms with Crippen LogP contribution in [0.5, 0.6) is 5.75 Å². The molecule has 8 heteroatoms. The average molecular weight is 413 g/mol. The molecule has 1 amide bonds. The molecule has 1 N–H and O–H groups in total. The van der Waals surface area contributed by atoms with Crippen LogP contribution in [0, 0.1) is 6.92 Å². The molecule has 0 radical (unpaired) electrons. The summed E-state index contributed by atoms with van der Waals surface area (Å²) in [7, 11) is 0. The third kappa shape index (κ3) is 4.12. The number of anilines is 1. The Morgan fingerprint density at radius 2 is 1.81 bits per heavy atom. The van der Waals surface area contributed by atoms with Gasteiger partial charge in [0.1, 0.15) is 11.3 Å². The summed E-state index contributed by atoms with van der Waals surface area (Å²) in [6.45, 7) is 1.53. The summed E-state index contributed by atoms with van der Waals surface area (Å²) >= 11 is 17.9. The van der Waals surface area contributed by atoms with Gasteiger partial charge in [-0.25, -0.2) is 4.79 Å². The lowest BCUT2D eigenvalue weighted by atomic mass is 10.1. The highest BCUT2D eigenvalue weighted by molar-refractivity contribution is 6.42. The number of carbonyl (C=O) groups excluding carboxylic acids is 1. The summed E-state index contributed by atoms with van der Waals surface area (Å²) in [6, 6.07) is 9.35. The Kier molecular flexibility index (Phi) is 5.41. The quantitative estimate of drug-likeness (QED) is 0.607. The Bertz CT molecular complexity index is 1040. The van der Waals surface area contributed by atoms with Crippen molar-refractivity contribution in [1.29, 1.82) is 0 Å². The van der Waals surface area contributed by atoms with Crippen molar-refractivity contribution in [3.8, 4) is 5.75 Å². The number of carbonyl (C=O) groups is 1. The van der Waals surface area contributed by atoms with E-state index in [-0.39, 0.29) is 22.3 Å². The SMILES string of the molecule is Cc1cc(=O)oc2cc(OCC(=O)Nc3c(Cl)cc(Cl)cc3Cl)ccc12. The molecule has 134 valence electrons. The second-order valence-corrected chi connectivity index (χ2v) is 6.74. The van der Waals surface area contributed by atoms with E-state index in [2.05, 4.69) is 5.32 Å². The molecule has 0 aliphatic rings. The second kappa shape index (κ2) is 7.58. The van der Waals surface area contributed by atoms with Crippen LogP contribution in [-0.2, 0) is 4.79 Å². The smallest absolute Gasteiger partial charge is 0.336 e. The molecular weight excluding hydrogens is 401 g/mol. The number of benzene rings is 2. The van der Waals surface area contributed by atoms with Crippen molar-refractivity contribution in [3.63, 3.8) is 0 Å². The van der Waals surface area contributed by atoms with Crippen molar-refractivity contribution in [1.82, 2.24) is 0 Å². The van der Waals surface area contributed by atoms with Gasteiger partial charge in [-0.2, -0.15) is 0 Å². The summed E-state index contributed by atoms with van der Waals surface area (Å²) in [5.41, 5.74) is 0.993. The number of fused-ring (bicyclic) bond motifs is 1. The van der Waals surface area contributed by atoms with Crippen LogP contribution in [0.25, 0.3) is 11.0 Å². The standard InChI is InChI=1S/C18H12Cl3NO4/c1-9-4-17(24)26-15-7-11(2-3-12(9)15)25-8-16(23)22-18-13(20)5-10(19)6-14(18)21/h2-7H,8H2,1H3,(H,22,23). The number of halogens is 3. The average Bonchev–Trinajstić information content (AvgIpc) is 2.55. The zero-order valence-corrected chi connectivity index (χ0v) is 15.7. The largest absolute Gasteiger partial charge is 0.484 e. The van der Waals surface area contributed by atoms with E-state index in [1.807, 2.05) is 6.92 Å². The Balaban J connectivity index is 1.72. The molecule has 26 heavy (non-hydrogen) atoms. The highest BCUT2D eigenvalue weighted by Crippen LogP contribution is 2.33. The maximum atomic E-state index is 12.1. The number of hydrogen-bond donors (Lipinski definition) is 1. The van der Waals surface area contributed by atoms with Crippen molar-refractivity contribution in [2.75, 3.05) is 11.9 Å². The van der Waals surface area contributed by atoms with Crippen LogP contribution in [0.2, 0.25) is 15.1 Å². The lowest BCUT2D eigenvalue weighted by Crippen LogP contribution is -2.20. The van der Waals surface area contributed by atoms with Gasteiger partial charge in [-0.1, -0.05) is 34.8 Å². The van der Waals surface area contributed by atoms with Gasteiger partial charge in [0.15, 0.2) is 6.61 Å². The topological polar surface area (TPSA) is 68.5 Å². The Hall–Kier alpha value is -2.21. The van der Waals surface area contributed by atoms with Crippen molar-refractivity contribution in [3.05, 3.63) is 67.4 Å². The molecule has 0 aliphatic heterocycles.